The summed E-state index contributed by atoms with van der Waals surface area (Å²) in [7, 11) is 0. The topological polar surface area (TPSA) is 44.5 Å². The van der Waals surface area contributed by atoms with E-state index in [9.17, 15) is 0 Å². The van der Waals surface area contributed by atoms with Gasteiger partial charge in [0.15, 0.2) is 11.5 Å². The van der Waals surface area contributed by atoms with Crippen molar-refractivity contribution in [3.8, 4) is 11.5 Å². The van der Waals surface area contributed by atoms with Gasteiger partial charge in [0.1, 0.15) is 13.2 Å². The molecule has 1 aromatic carbocycles. The average molecular weight is 256 g/mol. The zero-order valence-corrected chi connectivity index (χ0v) is 10.8. The second-order valence-corrected chi connectivity index (χ2v) is 4.76. The van der Waals surface area contributed by atoms with Crippen LogP contribution in [0.4, 0.5) is 0 Å². The summed E-state index contributed by atoms with van der Waals surface area (Å²) in [4.78, 5) is 0. The molecule has 1 aliphatic rings. The number of halogens is 1. The number of hydrogen-bond acceptors (Lipinski definition) is 3. The van der Waals surface area contributed by atoms with E-state index in [1.54, 1.807) is 0 Å². The first-order valence-corrected chi connectivity index (χ1v) is 6.39. The molecule has 2 rings (SSSR count). The molecule has 4 heteroatoms. The van der Waals surface area contributed by atoms with Crippen LogP contribution in [0.15, 0.2) is 12.1 Å². The van der Waals surface area contributed by atoms with Crippen molar-refractivity contribution in [1.29, 1.82) is 0 Å². The largest absolute Gasteiger partial charge is 0.486 e. The van der Waals surface area contributed by atoms with Crippen molar-refractivity contribution in [2.75, 3.05) is 19.8 Å². The van der Waals surface area contributed by atoms with Gasteiger partial charge >= 0.3 is 0 Å². The maximum Gasteiger partial charge on any atom is 0.162 e. The zero-order valence-electron chi connectivity index (χ0n) is 10.0. The molecule has 1 heterocycles. The number of fused-ring (bicyclic) bond motifs is 1. The summed E-state index contributed by atoms with van der Waals surface area (Å²) in [5, 5.41) is 0.749. The first-order chi connectivity index (χ1) is 8.22. The fourth-order valence-corrected chi connectivity index (χ4v) is 2.38. The number of ether oxygens (including phenoxy) is 2. The Morgan fingerprint density at radius 1 is 1.29 bits per heavy atom. The van der Waals surface area contributed by atoms with Crippen LogP contribution in [-0.2, 0) is 0 Å². The number of hydrogen-bond donors (Lipinski definition) is 1. The van der Waals surface area contributed by atoms with Crippen molar-refractivity contribution in [2.24, 2.45) is 5.73 Å². The number of benzene rings is 1. The van der Waals surface area contributed by atoms with E-state index in [1.807, 2.05) is 12.1 Å². The fraction of sp³-hybridized carbons (Fsp3) is 0.538. The zero-order chi connectivity index (χ0) is 12.3. The molecule has 0 fully saturated rings. The molecule has 0 bridgehead atoms. The molecule has 3 nitrogen and oxygen atoms in total. The molecule has 0 radical (unpaired) electrons. The molecule has 0 aromatic heterocycles. The summed E-state index contributed by atoms with van der Waals surface area (Å²) in [5.41, 5.74) is 6.64. The second-order valence-electron chi connectivity index (χ2n) is 4.35. The Morgan fingerprint density at radius 3 is 2.59 bits per heavy atom. The van der Waals surface area contributed by atoms with Crippen molar-refractivity contribution in [1.82, 2.24) is 0 Å². The lowest BCUT2D eigenvalue weighted by Gasteiger charge is -2.21. The number of rotatable bonds is 4. The molecule has 1 aliphatic heterocycles. The number of nitrogens with two attached hydrogens (primary N) is 1. The smallest absolute Gasteiger partial charge is 0.162 e. The summed E-state index contributed by atoms with van der Waals surface area (Å²) in [5.74, 6) is 1.94. The minimum atomic E-state index is 0.391. The van der Waals surface area contributed by atoms with Gasteiger partial charge in [-0.25, -0.2) is 0 Å². The highest BCUT2D eigenvalue weighted by Gasteiger charge is 2.17. The third kappa shape index (κ3) is 2.85. The normalized spacial score (nSPS) is 15.7. The first-order valence-electron chi connectivity index (χ1n) is 6.01. The van der Waals surface area contributed by atoms with Crippen molar-refractivity contribution in [2.45, 2.75) is 25.7 Å². The highest BCUT2D eigenvalue weighted by molar-refractivity contribution is 6.31. The Morgan fingerprint density at radius 2 is 1.94 bits per heavy atom. The SMILES string of the molecule is CC(CCCN)c1cc2c(cc1Cl)OCCO2. The van der Waals surface area contributed by atoms with E-state index in [-0.39, 0.29) is 0 Å². The van der Waals surface area contributed by atoms with Gasteiger partial charge in [0, 0.05) is 11.1 Å². The molecule has 2 N–H and O–H groups in total. The van der Waals surface area contributed by atoms with Crippen molar-refractivity contribution in [3.63, 3.8) is 0 Å². The van der Waals surface area contributed by atoms with Gasteiger partial charge in [-0.1, -0.05) is 18.5 Å². The van der Waals surface area contributed by atoms with Crippen LogP contribution in [0.3, 0.4) is 0 Å². The van der Waals surface area contributed by atoms with Gasteiger partial charge in [0.2, 0.25) is 0 Å². The van der Waals surface area contributed by atoms with Gasteiger partial charge < -0.3 is 15.2 Å². The molecule has 0 spiro atoms. The highest BCUT2D eigenvalue weighted by Crippen LogP contribution is 2.39. The minimum absolute atomic E-state index is 0.391. The van der Waals surface area contributed by atoms with Crippen molar-refractivity contribution in [3.05, 3.63) is 22.7 Å². The Labute approximate surface area is 107 Å². The molecule has 17 heavy (non-hydrogen) atoms. The maximum atomic E-state index is 6.27. The third-order valence-electron chi connectivity index (χ3n) is 3.03. The van der Waals surface area contributed by atoms with E-state index in [4.69, 9.17) is 26.8 Å². The Hall–Kier alpha value is -0.930. The average Bonchev–Trinajstić information content (AvgIpc) is 2.35. The van der Waals surface area contributed by atoms with Crippen LogP contribution >= 0.6 is 11.6 Å². The van der Waals surface area contributed by atoms with Crippen LogP contribution in [0.1, 0.15) is 31.2 Å². The van der Waals surface area contributed by atoms with Gasteiger partial charge in [-0.3, -0.25) is 0 Å². The van der Waals surface area contributed by atoms with E-state index in [1.165, 1.54) is 0 Å². The predicted octanol–water partition coefficient (Wildman–Crippen LogP) is 2.95. The highest BCUT2D eigenvalue weighted by atomic mass is 35.5. The van der Waals surface area contributed by atoms with Crippen LogP contribution in [0, 0.1) is 0 Å². The molecule has 0 amide bonds. The molecular formula is C13H18ClNO2. The lowest BCUT2D eigenvalue weighted by molar-refractivity contribution is 0.171. The summed E-state index contributed by atoms with van der Waals surface area (Å²) in [6, 6.07) is 3.85. The monoisotopic (exact) mass is 255 g/mol. The van der Waals surface area contributed by atoms with E-state index in [2.05, 4.69) is 6.92 Å². The summed E-state index contributed by atoms with van der Waals surface area (Å²) in [6.45, 7) is 4.07. The predicted molar refractivity (Wildman–Crippen MR) is 69.1 cm³/mol. The lowest BCUT2D eigenvalue weighted by Crippen LogP contribution is -2.15. The van der Waals surface area contributed by atoms with Crippen LogP contribution in [-0.4, -0.2) is 19.8 Å². The summed E-state index contributed by atoms with van der Waals surface area (Å²) >= 11 is 6.27. The van der Waals surface area contributed by atoms with Crippen LogP contribution in [0.25, 0.3) is 0 Å². The molecule has 0 aliphatic carbocycles. The molecule has 0 saturated carbocycles. The van der Waals surface area contributed by atoms with Crippen LogP contribution < -0.4 is 15.2 Å². The first kappa shape index (κ1) is 12.5. The standard InChI is InChI=1S/C13H18ClNO2/c1-9(3-2-4-15)10-7-12-13(8-11(10)14)17-6-5-16-12/h7-9H,2-6,15H2,1H3. The van der Waals surface area contributed by atoms with Crippen molar-refractivity contribution >= 4 is 11.6 Å². The van der Waals surface area contributed by atoms with Gasteiger partial charge in [-0.05, 0) is 36.9 Å². The van der Waals surface area contributed by atoms with E-state index >= 15 is 0 Å². The molecule has 94 valence electrons. The lowest BCUT2D eigenvalue weighted by atomic mass is 9.95. The van der Waals surface area contributed by atoms with Crippen LogP contribution in [0.5, 0.6) is 11.5 Å². The fourth-order valence-electron chi connectivity index (χ4n) is 2.04. The van der Waals surface area contributed by atoms with Crippen LogP contribution in [0.2, 0.25) is 5.02 Å². The van der Waals surface area contributed by atoms with E-state index in [0.29, 0.717) is 25.7 Å². The maximum absolute atomic E-state index is 6.27. The third-order valence-corrected chi connectivity index (χ3v) is 3.36. The molecule has 0 saturated heterocycles. The van der Waals surface area contributed by atoms with Gasteiger partial charge in [0.25, 0.3) is 0 Å². The summed E-state index contributed by atoms with van der Waals surface area (Å²) < 4.78 is 11.1. The molecule has 1 atom stereocenters. The molecule has 1 aromatic rings. The van der Waals surface area contributed by atoms with Crippen molar-refractivity contribution < 1.29 is 9.47 Å². The Kier molecular flexibility index (Phi) is 4.13. The minimum Gasteiger partial charge on any atom is -0.486 e. The summed E-state index contributed by atoms with van der Waals surface area (Å²) in [6.07, 6.45) is 2.04. The Bertz CT molecular complexity index is 395. The second kappa shape index (κ2) is 5.61. The van der Waals surface area contributed by atoms with E-state index < -0.39 is 0 Å². The molecule has 1 unspecified atom stereocenters. The van der Waals surface area contributed by atoms with Gasteiger partial charge in [-0.15, -0.1) is 0 Å². The quantitative estimate of drug-likeness (QED) is 0.900. The van der Waals surface area contributed by atoms with E-state index in [0.717, 1.165) is 34.9 Å². The van der Waals surface area contributed by atoms with Gasteiger partial charge in [0.05, 0.1) is 0 Å². The molecular weight excluding hydrogens is 238 g/mol. The Balaban J connectivity index is 2.22. The van der Waals surface area contributed by atoms with Gasteiger partial charge in [-0.2, -0.15) is 0 Å².